The Balaban J connectivity index is 4.97. The topological polar surface area (TPSA) is 142 Å². The van der Waals surface area contributed by atoms with E-state index in [1.165, 1.54) is 6.92 Å². The molecule has 0 aromatic carbocycles. The van der Waals surface area contributed by atoms with E-state index in [-0.39, 0.29) is 32.5 Å². The molecule has 1 N–H and O–H groups in total. The summed E-state index contributed by atoms with van der Waals surface area (Å²) in [5.41, 5.74) is -2.54. The fraction of sp³-hybridized carbons (Fsp3) is 0.667. The van der Waals surface area contributed by atoms with Gasteiger partial charge in [-0.3, -0.25) is 19.2 Å². The Hall–Kier alpha value is -2.65. The fourth-order valence-electron chi connectivity index (χ4n) is 1.99. The first-order chi connectivity index (χ1) is 11.8. The first-order valence-corrected chi connectivity index (χ1v) is 7.56. The maximum atomic E-state index is 12.0. The molecule has 0 aromatic heterocycles. The van der Waals surface area contributed by atoms with Crippen LogP contribution in [-0.4, -0.2) is 61.9 Å². The zero-order valence-electron chi connectivity index (χ0n) is 14.3. The van der Waals surface area contributed by atoms with Gasteiger partial charge in [-0.2, -0.15) is 0 Å². The largest absolute Gasteiger partial charge is 0.480 e. The molecule has 0 spiro atoms. The van der Waals surface area contributed by atoms with E-state index < -0.39 is 41.8 Å². The van der Waals surface area contributed by atoms with Gasteiger partial charge in [-0.15, -0.1) is 0 Å². The van der Waals surface area contributed by atoms with Crippen LogP contribution in [-0.2, 0) is 42.9 Å². The Kier molecular flexibility index (Phi) is 9.83. The molecule has 10 heteroatoms. The second-order valence-corrected chi connectivity index (χ2v) is 4.82. The molecule has 0 aromatic rings. The van der Waals surface area contributed by atoms with E-state index in [0.717, 1.165) is 7.11 Å². The highest BCUT2D eigenvalue weighted by molar-refractivity contribution is 6.17. The summed E-state index contributed by atoms with van der Waals surface area (Å²) in [4.78, 5) is 57.3. The van der Waals surface area contributed by atoms with Crippen LogP contribution in [0.1, 0.15) is 33.1 Å². The van der Waals surface area contributed by atoms with Gasteiger partial charge in [0.05, 0.1) is 20.3 Å². The van der Waals surface area contributed by atoms with Crippen LogP contribution in [0.25, 0.3) is 0 Å². The number of aliphatic carboxylic acids is 1. The van der Waals surface area contributed by atoms with Gasteiger partial charge in [-0.1, -0.05) is 6.92 Å². The van der Waals surface area contributed by atoms with Gasteiger partial charge >= 0.3 is 23.9 Å². The number of carboxylic acid groups (broad SMARTS) is 1. The lowest BCUT2D eigenvalue weighted by Crippen LogP contribution is -2.48. The molecule has 0 fully saturated rings. The molecule has 0 bridgehead atoms. The number of esters is 3. The molecule has 0 aliphatic rings. The third kappa shape index (κ3) is 5.73. The zero-order valence-corrected chi connectivity index (χ0v) is 14.3. The molecular weight excluding hydrogens is 340 g/mol. The van der Waals surface area contributed by atoms with Crippen molar-refractivity contribution in [2.45, 2.75) is 39.2 Å². The van der Waals surface area contributed by atoms with Crippen LogP contribution in [0.3, 0.4) is 0 Å². The van der Waals surface area contributed by atoms with Gasteiger partial charge in [0.15, 0.2) is 6.10 Å². The van der Waals surface area contributed by atoms with Gasteiger partial charge in [-0.25, -0.2) is 4.79 Å². The average Bonchev–Trinajstić information content (AvgIpc) is 2.58. The summed E-state index contributed by atoms with van der Waals surface area (Å²) in [5, 5.41) is 9.36. The molecule has 0 rings (SSSR count). The summed E-state index contributed by atoms with van der Waals surface area (Å²) in [6.07, 6.45) is -1.51. The smallest absolute Gasteiger partial charge is 0.347 e. The molecule has 0 aliphatic heterocycles. The number of carbonyl (C=O) groups is 5. The van der Waals surface area contributed by atoms with Gasteiger partial charge in [0.2, 0.25) is 0 Å². The number of hydrogen-bond acceptors (Lipinski definition) is 9. The summed E-state index contributed by atoms with van der Waals surface area (Å²) >= 11 is 0. The van der Waals surface area contributed by atoms with E-state index in [1.807, 2.05) is 0 Å². The van der Waals surface area contributed by atoms with Crippen LogP contribution in [0.15, 0.2) is 0 Å². The van der Waals surface area contributed by atoms with E-state index in [2.05, 4.69) is 14.2 Å². The quantitative estimate of drug-likeness (QED) is 0.166. The third-order valence-corrected chi connectivity index (χ3v) is 3.32. The van der Waals surface area contributed by atoms with Crippen molar-refractivity contribution < 1.29 is 48.0 Å². The van der Waals surface area contributed by atoms with E-state index in [1.54, 1.807) is 6.92 Å². The van der Waals surface area contributed by atoms with Crippen molar-refractivity contribution in [3.05, 3.63) is 0 Å². The van der Waals surface area contributed by atoms with E-state index in [4.69, 9.17) is 4.74 Å². The molecule has 0 aliphatic carbocycles. The molecule has 2 atom stereocenters. The number of hydrogen-bond donors (Lipinski definition) is 1. The summed E-state index contributed by atoms with van der Waals surface area (Å²) in [6, 6.07) is 0. The SMILES string of the molecule is CCOC(=O)C(CCCOC(=O)C(CC)OC=O)(C(=O)O)C(=O)OC. The van der Waals surface area contributed by atoms with Crippen molar-refractivity contribution in [2.75, 3.05) is 20.3 Å². The van der Waals surface area contributed by atoms with Gasteiger partial charge in [0.1, 0.15) is 0 Å². The Morgan fingerprint density at radius 3 is 2.20 bits per heavy atom. The van der Waals surface area contributed by atoms with Crippen LogP contribution in [0.4, 0.5) is 0 Å². The third-order valence-electron chi connectivity index (χ3n) is 3.32. The first-order valence-electron chi connectivity index (χ1n) is 7.56. The van der Waals surface area contributed by atoms with Crippen LogP contribution in [0.5, 0.6) is 0 Å². The molecule has 2 unspecified atom stereocenters. The standard InChI is InChI=1S/C15H22O10/c1-4-10(25-9-16)11(17)24-8-6-7-15(12(18)19,13(20)22-3)14(21)23-5-2/h9-10H,4-8H2,1-3H3,(H,18,19). The Morgan fingerprint density at radius 1 is 1.12 bits per heavy atom. The van der Waals surface area contributed by atoms with Gasteiger partial charge in [0, 0.05) is 0 Å². The molecule has 0 amide bonds. The second-order valence-electron chi connectivity index (χ2n) is 4.82. The van der Waals surface area contributed by atoms with E-state index >= 15 is 0 Å². The van der Waals surface area contributed by atoms with Crippen molar-refractivity contribution in [2.24, 2.45) is 5.41 Å². The minimum Gasteiger partial charge on any atom is -0.480 e. The first kappa shape index (κ1) is 22.4. The minimum absolute atomic E-state index is 0.114. The number of methoxy groups -OCH3 is 1. The number of carbonyl (C=O) groups excluding carboxylic acids is 4. The maximum absolute atomic E-state index is 12.0. The predicted molar refractivity (Wildman–Crippen MR) is 80.1 cm³/mol. The maximum Gasteiger partial charge on any atom is 0.347 e. The average molecular weight is 362 g/mol. The fourth-order valence-corrected chi connectivity index (χ4v) is 1.99. The van der Waals surface area contributed by atoms with E-state index in [0.29, 0.717) is 0 Å². The van der Waals surface area contributed by atoms with Crippen LogP contribution in [0, 0.1) is 5.41 Å². The van der Waals surface area contributed by atoms with Crippen LogP contribution < -0.4 is 0 Å². The molecule has 0 heterocycles. The van der Waals surface area contributed by atoms with Gasteiger partial charge in [-0.05, 0) is 26.2 Å². The predicted octanol–water partition coefficient (Wildman–Crippen LogP) is 0.0685. The summed E-state index contributed by atoms with van der Waals surface area (Å²) in [5.74, 6) is -5.07. The highest BCUT2D eigenvalue weighted by Crippen LogP contribution is 2.28. The van der Waals surface area contributed by atoms with Crippen molar-refractivity contribution in [3.8, 4) is 0 Å². The van der Waals surface area contributed by atoms with Crippen molar-refractivity contribution >= 4 is 30.3 Å². The lowest BCUT2D eigenvalue weighted by atomic mass is 9.83. The number of ether oxygens (including phenoxy) is 4. The number of carboxylic acids is 1. The van der Waals surface area contributed by atoms with Crippen LogP contribution >= 0.6 is 0 Å². The number of rotatable bonds is 12. The lowest BCUT2D eigenvalue weighted by Gasteiger charge is -2.24. The van der Waals surface area contributed by atoms with Gasteiger partial charge in [0.25, 0.3) is 11.9 Å². The molecule has 142 valence electrons. The zero-order chi connectivity index (χ0) is 19.5. The molecule has 25 heavy (non-hydrogen) atoms. The Morgan fingerprint density at radius 2 is 1.76 bits per heavy atom. The Labute approximate surface area is 144 Å². The molecule has 10 nitrogen and oxygen atoms in total. The monoisotopic (exact) mass is 362 g/mol. The molecule has 0 saturated carbocycles. The van der Waals surface area contributed by atoms with E-state index in [9.17, 15) is 29.1 Å². The normalized spacial score (nSPS) is 13.7. The summed E-state index contributed by atoms with van der Waals surface area (Å²) < 4.78 is 18.5. The molecular formula is C15H22O10. The van der Waals surface area contributed by atoms with Crippen molar-refractivity contribution in [1.82, 2.24) is 0 Å². The van der Waals surface area contributed by atoms with Gasteiger partial charge < -0.3 is 24.1 Å². The molecule has 0 radical (unpaired) electrons. The lowest BCUT2D eigenvalue weighted by molar-refractivity contribution is -0.181. The van der Waals surface area contributed by atoms with Crippen molar-refractivity contribution in [1.29, 1.82) is 0 Å². The van der Waals surface area contributed by atoms with Crippen molar-refractivity contribution in [3.63, 3.8) is 0 Å². The summed E-state index contributed by atoms with van der Waals surface area (Å²) in [6.45, 7) is 2.76. The second kappa shape index (κ2) is 11.0. The molecule has 0 saturated heterocycles. The Bertz CT molecular complexity index is 501. The highest BCUT2D eigenvalue weighted by atomic mass is 16.6. The minimum atomic E-state index is -2.54. The summed E-state index contributed by atoms with van der Waals surface area (Å²) in [7, 11) is 0.946. The highest BCUT2D eigenvalue weighted by Gasteiger charge is 2.55. The van der Waals surface area contributed by atoms with Crippen LogP contribution in [0.2, 0.25) is 0 Å².